The minimum absolute atomic E-state index is 0.0786. The Kier molecular flexibility index (Phi) is 8.53. The van der Waals surface area contributed by atoms with Gasteiger partial charge in [0.25, 0.3) is 0 Å². The highest BCUT2D eigenvalue weighted by molar-refractivity contribution is 7.99. The average Bonchev–Trinajstić information content (AvgIpc) is 3.20. The van der Waals surface area contributed by atoms with E-state index in [4.69, 9.17) is 27.9 Å². The Balaban J connectivity index is 1.44. The molecule has 1 fully saturated rings. The van der Waals surface area contributed by atoms with Crippen LogP contribution in [0.4, 0.5) is 0 Å². The first-order valence-corrected chi connectivity index (χ1v) is 13.1. The highest BCUT2D eigenvalue weighted by atomic mass is 35.5. The van der Waals surface area contributed by atoms with Crippen molar-refractivity contribution >= 4 is 40.9 Å². The van der Waals surface area contributed by atoms with Crippen LogP contribution in [0.2, 0.25) is 10.0 Å². The Morgan fingerprint density at radius 2 is 1.79 bits per heavy atom. The molecule has 0 unspecified atom stereocenters. The van der Waals surface area contributed by atoms with Crippen LogP contribution in [-0.2, 0) is 16.0 Å². The first-order chi connectivity index (χ1) is 16.4. The second-order valence-corrected chi connectivity index (χ2v) is 10.4. The zero-order chi connectivity index (χ0) is 24.1. The van der Waals surface area contributed by atoms with Gasteiger partial charge in [0, 0.05) is 31.7 Å². The van der Waals surface area contributed by atoms with E-state index in [-0.39, 0.29) is 18.1 Å². The van der Waals surface area contributed by atoms with E-state index in [0.29, 0.717) is 36.0 Å². The highest BCUT2D eigenvalue weighted by Crippen LogP contribution is 2.29. The van der Waals surface area contributed by atoms with Gasteiger partial charge in [-0.3, -0.25) is 9.36 Å². The molecule has 180 valence electrons. The Labute approximate surface area is 214 Å². The summed E-state index contributed by atoms with van der Waals surface area (Å²) >= 11 is 14.0. The molecule has 1 aliphatic heterocycles. The fourth-order valence-electron chi connectivity index (χ4n) is 4.10. The lowest BCUT2D eigenvalue weighted by Gasteiger charge is -2.35. The first-order valence-electron chi connectivity index (χ1n) is 11.4. The van der Waals surface area contributed by atoms with Crippen molar-refractivity contribution < 1.29 is 9.53 Å². The van der Waals surface area contributed by atoms with Gasteiger partial charge >= 0.3 is 0 Å². The number of hydrogen-bond acceptors (Lipinski definition) is 5. The summed E-state index contributed by atoms with van der Waals surface area (Å²) in [6.45, 7) is 5.33. The zero-order valence-corrected chi connectivity index (χ0v) is 21.6. The minimum atomic E-state index is 0.0786. The van der Waals surface area contributed by atoms with Crippen molar-refractivity contribution in [2.75, 3.05) is 18.8 Å². The SMILES string of the molecule is C[C@@H]1CN(C(=O)CCCSc2nnc(Cc3ccccc3)n2-c2ccc(Cl)c(Cl)c2)C[C@H](C)O1. The fourth-order valence-corrected chi connectivity index (χ4v) is 5.30. The number of halogens is 2. The molecular weight excluding hydrogens is 491 g/mol. The van der Waals surface area contributed by atoms with Gasteiger partial charge in [0.15, 0.2) is 5.16 Å². The summed E-state index contributed by atoms with van der Waals surface area (Å²) in [6, 6.07) is 15.7. The Hall–Kier alpha value is -2.06. The Morgan fingerprint density at radius 1 is 1.06 bits per heavy atom. The van der Waals surface area contributed by atoms with Crippen LogP contribution in [0.5, 0.6) is 0 Å². The molecule has 2 heterocycles. The van der Waals surface area contributed by atoms with Gasteiger partial charge in [-0.25, -0.2) is 0 Å². The molecule has 1 aromatic heterocycles. The van der Waals surface area contributed by atoms with Gasteiger partial charge < -0.3 is 9.64 Å². The highest BCUT2D eigenvalue weighted by Gasteiger charge is 2.25. The molecule has 0 saturated carbocycles. The van der Waals surface area contributed by atoms with Gasteiger partial charge in [0.2, 0.25) is 5.91 Å². The predicted octanol–water partition coefficient (Wildman–Crippen LogP) is 5.67. The predicted molar refractivity (Wildman–Crippen MR) is 137 cm³/mol. The van der Waals surface area contributed by atoms with E-state index in [0.717, 1.165) is 34.4 Å². The molecule has 0 N–H and O–H groups in total. The molecule has 1 amide bonds. The van der Waals surface area contributed by atoms with Crippen LogP contribution >= 0.6 is 35.0 Å². The summed E-state index contributed by atoms with van der Waals surface area (Å²) in [5, 5.41) is 10.7. The Bertz CT molecular complexity index is 1120. The molecule has 2 aromatic carbocycles. The maximum absolute atomic E-state index is 12.7. The largest absolute Gasteiger partial charge is 0.372 e. The van der Waals surface area contributed by atoms with Crippen molar-refractivity contribution in [2.24, 2.45) is 0 Å². The number of benzene rings is 2. The van der Waals surface area contributed by atoms with Crippen molar-refractivity contribution in [1.29, 1.82) is 0 Å². The summed E-state index contributed by atoms with van der Waals surface area (Å²) in [5.74, 6) is 1.75. The maximum Gasteiger partial charge on any atom is 0.222 e. The number of thioether (sulfide) groups is 1. The molecular formula is C25H28Cl2N4O2S. The number of aromatic nitrogens is 3. The number of carbonyl (C=O) groups is 1. The zero-order valence-electron chi connectivity index (χ0n) is 19.3. The monoisotopic (exact) mass is 518 g/mol. The third-order valence-corrected chi connectivity index (χ3v) is 7.36. The average molecular weight is 519 g/mol. The molecule has 1 saturated heterocycles. The summed E-state index contributed by atoms with van der Waals surface area (Å²) < 4.78 is 7.75. The van der Waals surface area contributed by atoms with E-state index in [1.54, 1.807) is 17.8 Å². The fraction of sp³-hybridized carbons (Fsp3) is 0.400. The standard InChI is InChI=1S/C25H28Cl2N4O2S/c1-17-15-30(16-18(2)33-17)24(32)9-6-12-34-25-29-28-23(13-19-7-4-3-5-8-19)31(25)20-10-11-21(26)22(27)14-20/h3-5,7-8,10-11,14,17-18H,6,9,12-13,15-16H2,1-2H3/t17-,18+. The lowest BCUT2D eigenvalue weighted by atomic mass is 10.1. The molecule has 1 aliphatic rings. The van der Waals surface area contributed by atoms with Gasteiger partial charge in [0.1, 0.15) is 5.82 Å². The lowest BCUT2D eigenvalue weighted by Crippen LogP contribution is -2.48. The van der Waals surface area contributed by atoms with Crippen LogP contribution in [0.25, 0.3) is 5.69 Å². The number of amides is 1. The van der Waals surface area contributed by atoms with E-state index >= 15 is 0 Å². The van der Waals surface area contributed by atoms with Crippen molar-refractivity contribution in [3.05, 3.63) is 70.0 Å². The minimum Gasteiger partial charge on any atom is -0.372 e. The number of rotatable bonds is 8. The van der Waals surface area contributed by atoms with Crippen molar-refractivity contribution in [3.63, 3.8) is 0 Å². The molecule has 9 heteroatoms. The topological polar surface area (TPSA) is 60.2 Å². The maximum atomic E-state index is 12.7. The van der Waals surface area contributed by atoms with Gasteiger partial charge in [-0.15, -0.1) is 10.2 Å². The van der Waals surface area contributed by atoms with E-state index in [9.17, 15) is 4.79 Å². The van der Waals surface area contributed by atoms with Gasteiger partial charge in [-0.1, -0.05) is 65.3 Å². The van der Waals surface area contributed by atoms with Crippen LogP contribution < -0.4 is 0 Å². The third kappa shape index (κ3) is 6.33. The lowest BCUT2D eigenvalue weighted by molar-refractivity contribution is -0.143. The van der Waals surface area contributed by atoms with Crippen LogP contribution in [0.1, 0.15) is 38.1 Å². The van der Waals surface area contributed by atoms with Crippen LogP contribution in [-0.4, -0.2) is 56.6 Å². The number of nitrogens with zero attached hydrogens (tertiary/aromatic N) is 4. The summed E-state index contributed by atoms with van der Waals surface area (Å²) in [4.78, 5) is 14.6. The summed E-state index contributed by atoms with van der Waals surface area (Å²) in [6.07, 6.45) is 2.06. The second kappa shape index (κ2) is 11.6. The van der Waals surface area contributed by atoms with E-state index < -0.39 is 0 Å². The molecule has 34 heavy (non-hydrogen) atoms. The number of carbonyl (C=O) groups excluding carboxylic acids is 1. The third-order valence-electron chi connectivity index (χ3n) is 5.61. The van der Waals surface area contributed by atoms with Crippen LogP contribution in [0.3, 0.4) is 0 Å². The molecule has 0 spiro atoms. The van der Waals surface area contributed by atoms with Crippen molar-refractivity contribution in [2.45, 2.75) is 50.5 Å². The van der Waals surface area contributed by atoms with E-state index in [1.807, 2.05) is 53.6 Å². The second-order valence-electron chi connectivity index (χ2n) is 8.50. The van der Waals surface area contributed by atoms with Crippen LogP contribution in [0.15, 0.2) is 53.7 Å². The normalized spacial score (nSPS) is 18.3. The number of hydrogen-bond donors (Lipinski definition) is 0. The van der Waals surface area contributed by atoms with Gasteiger partial charge in [-0.05, 0) is 44.0 Å². The van der Waals surface area contributed by atoms with Gasteiger partial charge in [-0.2, -0.15) is 0 Å². The van der Waals surface area contributed by atoms with Crippen molar-refractivity contribution in [3.8, 4) is 5.69 Å². The first kappa shape index (κ1) is 25.0. The molecule has 3 aromatic rings. The summed E-state index contributed by atoms with van der Waals surface area (Å²) in [7, 11) is 0. The molecule has 0 radical (unpaired) electrons. The summed E-state index contributed by atoms with van der Waals surface area (Å²) in [5.41, 5.74) is 2.01. The molecule has 0 bridgehead atoms. The molecule has 4 rings (SSSR count). The smallest absolute Gasteiger partial charge is 0.222 e. The Morgan fingerprint density at radius 3 is 2.50 bits per heavy atom. The molecule has 2 atom stereocenters. The molecule has 6 nitrogen and oxygen atoms in total. The van der Waals surface area contributed by atoms with Crippen molar-refractivity contribution in [1.82, 2.24) is 19.7 Å². The van der Waals surface area contributed by atoms with E-state index in [1.165, 1.54) is 0 Å². The quantitative estimate of drug-likeness (QED) is 0.283. The van der Waals surface area contributed by atoms with Gasteiger partial charge in [0.05, 0.1) is 27.9 Å². The number of morpholine rings is 1. The number of ether oxygens (including phenoxy) is 1. The van der Waals surface area contributed by atoms with E-state index in [2.05, 4.69) is 22.3 Å². The van der Waals surface area contributed by atoms with Crippen LogP contribution in [0, 0.1) is 0 Å². The molecule has 0 aliphatic carbocycles.